The maximum atomic E-state index is 11.6. The molecule has 150 valence electrons. The van der Waals surface area contributed by atoms with Crippen LogP contribution in [0.2, 0.25) is 0 Å². The molecule has 8 nitrogen and oxygen atoms in total. The summed E-state index contributed by atoms with van der Waals surface area (Å²) in [5.41, 5.74) is 0.784. The molecule has 0 bridgehead atoms. The number of rotatable bonds is 13. The van der Waals surface area contributed by atoms with Crippen LogP contribution < -0.4 is 10.6 Å². The first-order valence-corrected chi connectivity index (χ1v) is 10.6. The molecule has 0 aliphatic carbocycles. The molecule has 2 rings (SSSR count). The Bertz CT molecular complexity index is 721. The van der Waals surface area contributed by atoms with E-state index in [4.69, 9.17) is 4.74 Å². The fraction of sp³-hybridized carbons (Fsp3) is 0.667. The van der Waals surface area contributed by atoms with Crippen molar-refractivity contribution in [1.29, 1.82) is 0 Å². The van der Waals surface area contributed by atoms with E-state index < -0.39 is 0 Å². The molecule has 2 heterocycles. The average Bonchev–Trinajstić information content (AvgIpc) is 3.07. The van der Waals surface area contributed by atoms with Crippen molar-refractivity contribution in [2.24, 2.45) is 0 Å². The second-order valence-corrected chi connectivity index (χ2v) is 7.09. The molecule has 0 spiro atoms. The van der Waals surface area contributed by atoms with Gasteiger partial charge in [-0.15, -0.1) is 0 Å². The summed E-state index contributed by atoms with van der Waals surface area (Å²) < 4.78 is 7.22. The SMILES string of the molecule is CCCSc1nc(NCCOCC)c2cnn(CCNC(=O)CCC)c2n1. The monoisotopic (exact) mass is 394 g/mol. The Morgan fingerprint density at radius 3 is 2.81 bits per heavy atom. The summed E-state index contributed by atoms with van der Waals surface area (Å²) in [5.74, 6) is 1.81. The van der Waals surface area contributed by atoms with Gasteiger partial charge >= 0.3 is 0 Å². The van der Waals surface area contributed by atoms with Crippen molar-refractivity contribution in [2.75, 3.05) is 37.4 Å². The molecule has 0 atom stereocenters. The average molecular weight is 395 g/mol. The molecule has 0 fully saturated rings. The highest BCUT2D eigenvalue weighted by Gasteiger charge is 2.13. The third-order valence-electron chi connectivity index (χ3n) is 3.78. The third-order valence-corrected chi connectivity index (χ3v) is 4.83. The largest absolute Gasteiger partial charge is 0.380 e. The number of amides is 1. The molecule has 0 aliphatic heterocycles. The normalized spacial score (nSPS) is 11.1. The Kier molecular flexibility index (Phi) is 9.34. The van der Waals surface area contributed by atoms with Gasteiger partial charge in [0.2, 0.25) is 5.91 Å². The van der Waals surface area contributed by atoms with Crippen LogP contribution in [0, 0.1) is 0 Å². The standard InChI is InChI=1S/C18H30N6O2S/c1-4-7-15(25)19-8-10-24-17-14(13-21-24)16(20-9-11-26-6-3)22-18(23-17)27-12-5-2/h13H,4-12H2,1-3H3,(H,19,25)(H,20,22,23). The maximum Gasteiger partial charge on any atom is 0.220 e. The zero-order chi connectivity index (χ0) is 19.5. The number of carbonyl (C=O) groups excluding carboxylic acids is 1. The minimum atomic E-state index is 0.0704. The van der Waals surface area contributed by atoms with Gasteiger partial charge in [0.25, 0.3) is 0 Å². The number of aromatic nitrogens is 4. The molecule has 9 heteroatoms. The predicted octanol–water partition coefficient (Wildman–Crippen LogP) is 2.69. The van der Waals surface area contributed by atoms with Crippen LogP contribution >= 0.6 is 11.8 Å². The van der Waals surface area contributed by atoms with Crippen LogP contribution in [0.25, 0.3) is 11.0 Å². The van der Waals surface area contributed by atoms with Crippen molar-refractivity contribution in [3.63, 3.8) is 0 Å². The summed E-state index contributed by atoms with van der Waals surface area (Å²) in [5, 5.41) is 12.3. The minimum absolute atomic E-state index is 0.0704. The third kappa shape index (κ3) is 6.66. The maximum absolute atomic E-state index is 11.6. The van der Waals surface area contributed by atoms with E-state index >= 15 is 0 Å². The van der Waals surface area contributed by atoms with Crippen LogP contribution in [0.4, 0.5) is 5.82 Å². The Balaban J connectivity index is 2.14. The first-order chi connectivity index (χ1) is 13.2. The number of carbonyl (C=O) groups is 1. The molecule has 0 aromatic carbocycles. The van der Waals surface area contributed by atoms with Crippen molar-refractivity contribution in [3.05, 3.63) is 6.20 Å². The lowest BCUT2D eigenvalue weighted by atomic mass is 10.3. The lowest BCUT2D eigenvalue weighted by molar-refractivity contribution is -0.121. The minimum Gasteiger partial charge on any atom is -0.380 e. The Morgan fingerprint density at radius 1 is 1.22 bits per heavy atom. The van der Waals surface area contributed by atoms with E-state index in [-0.39, 0.29) is 5.91 Å². The van der Waals surface area contributed by atoms with Gasteiger partial charge in [-0.3, -0.25) is 4.79 Å². The van der Waals surface area contributed by atoms with Crippen molar-refractivity contribution in [3.8, 4) is 0 Å². The number of thioether (sulfide) groups is 1. The van der Waals surface area contributed by atoms with E-state index in [1.165, 1.54) is 0 Å². The summed E-state index contributed by atoms with van der Waals surface area (Å²) in [6.45, 7) is 9.21. The second kappa shape index (κ2) is 11.8. The van der Waals surface area contributed by atoms with Crippen LogP contribution in [0.1, 0.15) is 40.0 Å². The smallest absolute Gasteiger partial charge is 0.220 e. The van der Waals surface area contributed by atoms with E-state index in [0.717, 1.165) is 40.6 Å². The molecule has 2 N–H and O–H groups in total. The van der Waals surface area contributed by atoms with Gasteiger partial charge in [-0.2, -0.15) is 5.10 Å². The molecule has 0 aliphatic rings. The summed E-state index contributed by atoms with van der Waals surface area (Å²) in [6.07, 6.45) is 4.23. The number of nitrogens with one attached hydrogen (secondary N) is 2. The highest BCUT2D eigenvalue weighted by Crippen LogP contribution is 2.24. The van der Waals surface area contributed by atoms with Crippen LogP contribution in [0.3, 0.4) is 0 Å². The molecule has 0 saturated heterocycles. The van der Waals surface area contributed by atoms with E-state index in [9.17, 15) is 4.79 Å². The van der Waals surface area contributed by atoms with Crippen LogP contribution in [-0.4, -0.2) is 57.7 Å². The van der Waals surface area contributed by atoms with Gasteiger partial charge in [-0.05, 0) is 19.8 Å². The summed E-state index contributed by atoms with van der Waals surface area (Å²) in [4.78, 5) is 21.0. The Hall–Kier alpha value is -1.87. The lowest BCUT2D eigenvalue weighted by Gasteiger charge is -2.10. The summed E-state index contributed by atoms with van der Waals surface area (Å²) in [6, 6.07) is 0. The fourth-order valence-electron chi connectivity index (χ4n) is 2.49. The van der Waals surface area contributed by atoms with E-state index in [1.807, 2.05) is 18.5 Å². The summed E-state index contributed by atoms with van der Waals surface area (Å²) >= 11 is 1.64. The second-order valence-electron chi connectivity index (χ2n) is 6.03. The van der Waals surface area contributed by atoms with Crippen LogP contribution in [-0.2, 0) is 16.1 Å². The van der Waals surface area contributed by atoms with Gasteiger partial charge in [0.15, 0.2) is 10.8 Å². The van der Waals surface area contributed by atoms with E-state index in [1.54, 1.807) is 18.0 Å². The number of fused-ring (bicyclic) bond motifs is 1. The van der Waals surface area contributed by atoms with Gasteiger partial charge in [0.1, 0.15) is 5.82 Å². The highest BCUT2D eigenvalue weighted by molar-refractivity contribution is 7.99. The Labute approximate surface area is 164 Å². The number of hydrogen-bond acceptors (Lipinski definition) is 7. The Morgan fingerprint density at radius 2 is 2.07 bits per heavy atom. The van der Waals surface area contributed by atoms with Crippen molar-refractivity contribution in [2.45, 2.75) is 51.7 Å². The topological polar surface area (TPSA) is 94.0 Å². The zero-order valence-electron chi connectivity index (χ0n) is 16.5. The molecular formula is C18H30N6O2S. The molecule has 0 unspecified atom stereocenters. The zero-order valence-corrected chi connectivity index (χ0v) is 17.3. The first-order valence-electron chi connectivity index (χ1n) is 9.64. The van der Waals surface area contributed by atoms with Crippen LogP contribution in [0.15, 0.2) is 11.4 Å². The van der Waals surface area contributed by atoms with Crippen LogP contribution in [0.5, 0.6) is 0 Å². The van der Waals surface area contributed by atoms with Gasteiger partial charge in [-0.1, -0.05) is 25.6 Å². The van der Waals surface area contributed by atoms with E-state index in [0.29, 0.717) is 39.3 Å². The number of nitrogens with zero attached hydrogens (tertiary/aromatic N) is 4. The molecule has 0 saturated carbocycles. The van der Waals surface area contributed by atoms with Crippen molar-refractivity contribution < 1.29 is 9.53 Å². The van der Waals surface area contributed by atoms with Crippen molar-refractivity contribution >= 4 is 34.5 Å². The predicted molar refractivity (Wildman–Crippen MR) is 109 cm³/mol. The van der Waals surface area contributed by atoms with Gasteiger partial charge < -0.3 is 15.4 Å². The lowest BCUT2D eigenvalue weighted by Crippen LogP contribution is -2.27. The molecular weight excluding hydrogens is 364 g/mol. The van der Waals surface area contributed by atoms with Gasteiger partial charge in [0.05, 0.1) is 24.7 Å². The number of ether oxygens (including phenoxy) is 1. The molecule has 1 amide bonds. The van der Waals surface area contributed by atoms with Gasteiger partial charge in [0, 0.05) is 31.9 Å². The number of hydrogen-bond donors (Lipinski definition) is 2. The fourth-order valence-corrected chi connectivity index (χ4v) is 3.19. The summed E-state index contributed by atoms with van der Waals surface area (Å²) in [7, 11) is 0. The number of anilines is 1. The molecule has 2 aromatic heterocycles. The molecule has 27 heavy (non-hydrogen) atoms. The highest BCUT2D eigenvalue weighted by atomic mass is 32.2. The first kappa shape index (κ1) is 21.4. The quantitative estimate of drug-likeness (QED) is 0.306. The van der Waals surface area contributed by atoms with E-state index in [2.05, 4.69) is 32.6 Å². The molecule has 0 radical (unpaired) electrons. The van der Waals surface area contributed by atoms with Crippen molar-refractivity contribution in [1.82, 2.24) is 25.1 Å². The van der Waals surface area contributed by atoms with Gasteiger partial charge in [-0.25, -0.2) is 14.6 Å². The molecule has 2 aromatic rings.